The molecule has 1 aliphatic heterocycles. The topological polar surface area (TPSA) is 49.4 Å². The first-order valence-electron chi connectivity index (χ1n) is 6.51. The number of carbonyl (C=O) groups excluding carboxylic acids is 2. The van der Waals surface area contributed by atoms with Gasteiger partial charge in [0, 0.05) is 31.0 Å². The van der Waals surface area contributed by atoms with Crippen molar-refractivity contribution in [1.82, 2.24) is 10.2 Å². The summed E-state index contributed by atoms with van der Waals surface area (Å²) in [5.74, 6) is 0.430. The molecule has 1 fully saturated rings. The Balaban J connectivity index is 2.36. The van der Waals surface area contributed by atoms with E-state index in [0.717, 1.165) is 25.9 Å². The smallest absolute Gasteiger partial charge is 0.225 e. The van der Waals surface area contributed by atoms with Crippen LogP contribution in [0.5, 0.6) is 0 Å². The van der Waals surface area contributed by atoms with E-state index in [1.54, 1.807) is 0 Å². The second-order valence-corrected chi connectivity index (χ2v) is 5.42. The number of rotatable bonds is 3. The zero-order chi connectivity index (χ0) is 13.0. The fraction of sp³-hybridized carbons (Fsp3) is 0.846. The van der Waals surface area contributed by atoms with Crippen molar-refractivity contribution >= 4 is 11.8 Å². The average Bonchev–Trinajstić information content (AvgIpc) is 2.28. The molecule has 1 rings (SSSR count). The van der Waals surface area contributed by atoms with E-state index in [0.29, 0.717) is 0 Å². The number of nitrogens with zero attached hydrogens (tertiary/aromatic N) is 1. The Morgan fingerprint density at radius 3 is 2.00 bits per heavy atom. The summed E-state index contributed by atoms with van der Waals surface area (Å²) in [4.78, 5) is 25.2. The van der Waals surface area contributed by atoms with E-state index in [2.05, 4.69) is 5.32 Å². The molecule has 0 unspecified atom stereocenters. The van der Waals surface area contributed by atoms with Gasteiger partial charge in [0.2, 0.25) is 11.8 Å². The Morgan fingerprint density at radius 2 is 1.59 bits per heavy atom. The third-order valence-corrected chi connectivity index (χ3v) is 3.17. The molecule has 0 radical (unpaired) electrons. The van der Waals surface area contributed by atoms with Gasteiger partial charge in [-0.25, -0.2) is 0 Å². The lowest BCUT2D eigenvalue weighted by atomic mass is 10.0. The van der Waals surface area contributed by atoms with Gasteiger partial charge in [-0.1, -0.05) is 27.7 Å². The maximum atomic E-state index is 11.8. The minimum absolute atomic E-state index is 0.0327. The van der Waals surface area contributed by atoms with Gasteiger partial charge >= 0.3 is 0 Å². The number of hydrogen-bond donors (Lipinski definition) is 1. The summed E-state index contributed by atoms with van der Waals surface area (Å²) in [6.07, 6.45) is 1.74. The van der Waals surface area contributed by atoms with Gasteiger partial charge in [0.15, 0.2) is 0 Å². The molecule has 2 amide bonds. The Hall–Kier alpha value is -1.06. The van der Waals surface area contributed by atoms with Gasteiger partial charge in [-0.3, -0.25) is 9.59 Å². The van der Waals surface area contributed by atoms with Gasteiger partial charge in [0.05, 0.1) is 0 Å². The standard InChI is InChI=1S/C13H24N2O2/c1-9(2)12(16)14-11-5-7-15(8-6-11)13(17)10(3)4/h9-11H,5-8H2,1-4H3,(H,14,16). The van der Waals surface area contributed by atoms with Gasteiger partial charge in [0.1, 0.15) is 0 Å². The van der Waals surface area contributed by atoms with Crippen LogP contribution in [-0.4, -0.2) is 35.8 Å². The summed E-state index contributed by atoms with van der Waals surface area (Å²) in [5, 5.41) is 3.03. The van der Waals surface area contributed by atoms with Crippen molar-refractivity contribution in [2.24, 2.45) is 11.8 Å². The second kappa shape index (κ2) is 6.03. The summed E-state index contributed by atoms with van der Waals surface area (Å²) >= 11 is 0. The normalized spacial score (nSPS) is 17.6. The maximum Gasteiger partial charge on any atom is 0.225 e. The van der Waals surface area contributed by atoms with Crippen LogP contribution in [0.15, 0.2) is 0 Å². The molecule has 1 N–H and O–H groups in total. The lowest BCUT2D eigenvalue weighted by Gasteiger charge is -2.33. The first kappa shape index (κ1) is 14.0. The van der Waals surface area contributed by atoms with Crippen LogP contribution in [0, 0.1) is 11.8 Å². The quantitative estimate of drug-likeness (QED) is 0.810. The van der Waals surface area contributed by atoms with Gasteiger partial charge in [0.25, 0.3) is 0 Å². The molecule has 0 aliphatic carbocycles. The molecule has 0 saturated carbocycles. The van der Waals surface area contributed by atoms with Crippen LogP contribution in [0.2, 0.25) is 0 Å². The van der Waals surface area contributed by atoms with Crippen LogP contribution < -0.4 is 5.32 Å². The minimum Gasteiger partial charge on any atom is -0.353 e. The highest BCUT2D eigenvalue weighted by Crippen LogP contribution is 2.13. The van der Waals surface area contributed by atoms with Crippen LogP contribution in [0.3, 0.4) is 0 Å². The van der Waals surface area contributed by atoms with Crippen LogP contribution >= 0.6 is 0 Å². The predicted molar refractivity (Wildman–Crippen MR) is 67.4 cm³/mol. The summed E-state index contributed by atoms with van der Waals surface area (Å²) in [6, 6.07) is 0.237. The molecular formula is C13H24N2O2. The molecule has 1 saturated heterocycles. The first-order chi connectivity index (χ1) is 7.91. The van der Waals surface area contributed by atoms with E-state index in [4.69, 9.17) is 0 Å². The van der Waals surface area contributed by atoms with Crippen molar-refractivity contribution in [2.75, 3.05) is 13.1 Å². The highest BCUT2D eigenvalue weighted by atomic mass is 16.2. The fourth-order valence-corrected chi connectivity index (χ4v) is 1.98. The summed E-state index contributed by atoms with van der Waals surface area (Å²) < 4.78 is 0. The van der Waals surface area contributed by atoms with Crippen LogP contribution in [0.4, 0.5) is 0 Å². The molecule has 1 aliphatic rings. The Morgan fingerprint density at radius 1 is 1.06 bits per heavy atom. The molecule has 1 heterocycles. The largest absolute Gasteiger partial charge is 0.353 e. The molecule has 4 heteroatoms. The molecule has 0 aromatic carbocycles. The summed E-state index contributed by atoms with van der Waals surface area (Å²) in [5.41, 5.74) is 0. The summed E-state index contributed by atoms with van der Waals surface area (Å²) in [7, 11) is 0. The van der Waals surface area contributed by atoms with Gasteiger partial charge in [-0.05, 0) is 12.8 Å². The Bertz CT molecular complexity index is 279. The third-order valence-electron chi connectivity index (χ3n) is 3.17. The molecule has 17 heavy (non-hydrogen) atoms. The van der Waals surface area contributed by atoms with Gasteiger partial charge in [-0.2, -0.15) is 0 Å². The molecule has 0 aromatic rings. The highest BCUT2D eigenvalue weighted by Gasteiger charge is 2.25. The zero-order valence-corrected chi connectivity index (χ0v) is 11.3. The number of piperidine rings is 1. The molecule has 0 atom stereocenters. The number of hydrogen-bond acceptors (Lipinski definition) is 2. The van der Waals surface area contributed by atoms with Gasteiger partial charge in [-0.15, -0.1) is 0 Å². The van der Waals surface area contributed by atoms with Crippen molar-refractivity contribution in [3.63, 3.8) is 0 Å². The molecule has 4 nitrogen and oxygen atoms in total. The van der Waals surface area contributed by atoms with E-state index in [-0.39, 0.29) is 29.7 Å². The van der Waals surface area contributed by atoms with E-state index >= 15 is 0 Å². The maximum absolute atomic E-state index is 11.8. The van der Waals surface area contributed by atoms with Crippen molar-refractivity contribution in [3.05, 3.63) is 0 Å². The van der Waals surface area contributed by atoms with Gasteiger partial charge < -0.3 is 10.2 Å². The predicted octanol–water partition coefficient (Wildman–Crippen LogP) is 1.41. The highest BCUT2D eigenvalue weighted by molar-refractivity contribution is 5.79. The second-order valence-electron chi connectivity index (χ2n) is 5.42. The minimum atomic E-state index is 0.0327. The molecule has 98 valence electrons. The van der Waals surface area contributed by atoms with E-state index in [9.17, 15) is 9.59 Å². The molecule has 0 spiro atoms. The average molecular weight is 240 g/mol. The first-order valence-corrected chi connectivity index (χ1v) is 6.51. The Labute approximate surface area is 104 Å². The molecule has 0 aromatic heterocycles. The van der Waals surface area contributed by atoms with Crippen LogP contribution in [0.25, 0.3) is 0 Å². The van der Waals surface area contributed by atoms with Crippen molar-refractivity contribution in [3.8, 4) is 0 Å². The monoisotopic (exact) mass is 240 g/mol. The number of nitrogens with one attached hydrogen (secondary N) is 1. The third kappa shape index (κ3) is 4.02. The van der Waals surface area contributed by atoms with Crippen molar-refractivity contribution in [1.29, 1.82) is 0 Å². The number of amides is 2. The number of likely N-dealkylation sites (tertiary alicyclic amines) is 1. The zero-order valence-electron chi connectivity index (χ0n) is 11.3. The lowest BCUT2D eigenvalue weighted by Crippen LogP contribution is -2.48. The van der Waals surface area contributed by atoms with Crippen LogP contribution in [-0.2, 0) is 9.59 Å². The lowest BCUT2D eigenvalue weighted by molar-refractivity contribution is -0.135. The number of carbonyl (C=O) groups is 2. The SMILES string of the molecule is CC(C)C(=O)NC1CCN(C(=O)C(C)C)CC1. The van der Waals surface area contributed by atoms with E-state index < -0.39 is 0 Å². The van der Waals surface area contributed by atoms with Crippen LogP contribution in [0.1, 0.15) is 40.5 Å². The van der Waals surface area contributed by atoms with E-state index in [1.807, 2.05) is 32.6 Å². The Kier molecular flexibility index (Phi) is 4.97. The van der Waals surface area contributed by atoms with Crippen molar-refractivity contribution < 1.29 is 9.59 Å². The fourth-order valence-electron chi connectivity index (χ4n) is 1.98. The van der Waals surface area contributed by atoms with E-state index in [1.165, 1.54) is 0 Å². The summed E-state index contributed by atoms with van der Waals surface area (Å²) in [6.45, 7) is 9.17. The molecular weight excluding hydrogens is 216 g/mol. The molecule has 0 bridgehead atoms. The van der Waals surface area contributed by atoms with Crippen molar-refractivity contribution in [2.45, 2.75) is 46.6 Å².